The van der Waals surface area contributed by atoms with E-state index in [-0.39, 0.29) is 0 Å². The Morgan fingerprint density at radius 2 is 1.62 bits per heavy atom. The number of hydrogen-bond donors (Lipinski definition) is 0. The van der Waals surface area contributed by atoms with E-state index >= 15 is 0 Å². The van der Waals surface area contributed by atoms with Crippen molar-refractivity contribution in [2.75, 3.05) is 38.1 Å². The van der Waals surface area contributed by atoms with Gasteiger partial charge in [0.2, 0.25) is 0 Å². The van der Waals surface area contributed by atoms with Crippen LogP contribution >= 0.6 is 0 Å². The van der Waals surface area contributed by atoms with E-state index in [9.17, 15) is 0 Å². The summed E-state index contributed by atoms with van der Waals surface area (Å²) < 4.78 is 0. The molecule has 1 aromatic rings. The lowest BCUT2D eigenvalue weighted by molar-refractivity contribution is 0.312. The quantitative estimate of drug-likeness (QED) is 0.722. The van der Waals surface area contributed by atoms with Gasteiger partial charge in [0.1, 0.15) is 5.82 Å². The second-order valence-corrected chi connectivity index (χ2v) is 3.81. The Balaban J connectivity index is 0.000000606. The number of likely N-dealkylation sites (N-methyl/N-ethyl adjacent to an activating group) is 1. The number of aryl methyl sites for hydroxylation is 1. The lowest BCUT2D eigenvalue weighted by Crippen LogP contribution is -2.44. The summed E-state index contributed by atoms with van der Waals surface area (Å²) >= 11 is 0. The van der Waals surface area contributed by atoms with Crippen LogP contribution in [-0.4, -0.2) is 48.1 Å². The molecule has 2 heterocycles. The summed E-state index contributed by atoms with van der Waals surface area (Å²) in [7, 11) is 2.15. The van der Waals surface area contributed by atoms with Crippen molar-refractivity contribution in [2.45, 2.75) is 20.8 Å². The molecule has 4 nitrogen and oxygen atoms in total. The first-order valence-electron chi connectivity index (χ1n) is 5.98. The molecule has 0 amide bonds. The van der Waals surface area contributed by atoms with Crippen LogP contribution in [0.3, 0.4) is 0 Å². The molecule has 0 unspecified atom stereocenters. The normalized spacial score (nSPS) is 16.6. The van der Waals surface area contributed by atoms with E-state index < -0.39 is 0 Å². The van der Waals surface area contributed by atoms with Crippen molar-refractivity contribution in [3.8, 4) is 0 Å². The highest BCUT2D eigenvalue weighted by molar-refractivity contribution is 5.36. The average Bonchev–Trinajstić information content (AvgIpc) is 2.34. The minimum atomic E-state index is 0.975. The molecule has 1 aliphatic heterocycles. The Hall–Kier alpha value is -1.16. The van der Waals surface area contributed by atoms with Crippen LogP contribution in [0.4, 0.5) is 5.82 Å². The van der Waals surface area contributed by atoms with Crippen LogP contribution in [0.5, 0.6) is 0 Å². The van der Waals surface area contributed by atoms with E-state index in [4.69, 9.17) is 0 Å². The molecule has 0 saturated carbocycles. The van der Waals surface area contributed by atoms with Crippen molar-refractivity contribution in [2.24, 2.45) is 0 Å². The van der Waals surface area contributed by atoms with Gasteiger partial charge in [0, 0.05) is 26.2 Å². The Labute approximate surface area is 98.3 Å². The second kappa shape index (κ2) is 6.43. The van der Waals surface area contributed by atoms with Gasteiger partial charge >= 0.3 is 0 Å². The summed E-state index contributed by atoms with van der Waals surface area (Å²) in [6.07, 6.45) is 3.69. The predicted molar refractivity (Wildman–Crippen MR) is 67.8 cm³/mol. The summed E-state index contributed by atoms with van der Waals surface area (Å²) in [5.74, 6) is 1.00. The number of hydrogen-bond acceptors (Lipinski definition) is 4. The number of aromatic nitrogens is 2. The van der Waals surface area contributed by atoms with Gasteiger partial charge in [0.25, 0.3) is 0 Å². The first kappa shape index (κ1) is 12.9. The second-order valence-electron chi connectivity index (χ2n) is 3.81. The fourth-order valence-corrected chi connectivity index (χ4v) is 1.58. The first-order valence-corrected chi connectivity index (χ1v) is 5.98. The number of piperazine rings is 1. The van der Waals surface area contributed by atoms with Gasteiger partial charge in [-0.15, -0.1) is 0 Å². The molecular formula is C12H22N4. The minimum Gasteiger partial charge on any atom is -0.353 e. The lowest BCUT2D eigenvalue weighted by Gasteiger charge is -2.32. The molecule has 0 aromatic carbocycles. The van der Waals surface area contributed by atoms with Gasteiger partial charge in [-0.3, -0.25) is 4.98 Å². The van der Waals surface area contributed by atoms with E-state index in [2.05, 4.69) is 26.8 Å². The monoisotopic (exact) mass is 222 g/mol. The van der Waals surface area contributed by atoms with E-state index in [1.54, 1.807) is 0 Å². The molecule has 16 heavy (non-hydrogen) atoms. The van der Waals surface area contributed by atoms with Crippen molar-refractivity contribution >= 4 is 5.82 Å². The third kappa shape index (κ3) is 3.45. The van der Waals surface area contributed by atoms with Gasteiger partial charge in [0.15, 0.2) is 0 Å². The molecule has 0 aliphatic carbocycles. The molecule has 0 bridgehead atoms. The molecular weight excluding hydrogens is 200 g/mol. The third-order valence-electron chi connectivity index (χ3n) is 2.59. The van der Waals surface area contributed by atoms with Crippen LogP contribution in [0.1, 0.15) is 19.5 Å². The standard InChI is InChI=1S/C10H16N4.C2H6/c1-9-7-12-10(8-11-9)14-5-3-13(2)4-6-14;1-2/h7-8H,3-6H2,1-2H3;1-2H3. The van der Waals surface area contributed by atoms with Crippen molar-refractivity contribution < 1.29 is 0 Å². The fraction of sp³-hybridized carbons (Fsp3) is 0.667. The van der Waals surface area contributed by atoms with Gasteiger partial charge < -0.3 is 9.80 Å². The van der Waals surface area contributed by atoms with Crippen molar-refractivity contribution in [1.29, 1.82) is 0 Å². The Morgan fingerprint density at radius 3 is 2.12 bits per heavy atom. The van der Waals surface area contributed by atoms with E-state index in [1.165, 1.54) is 0 Å². The molecule has 1 aliphatic rings. The summed E-state index contributed by atoms with van der Waals surface area (Å²) in [5, 5.41) is 0. The van der Waals surface area contributed by atoms with Crippen molar-refractivity contribution in [3.63, 3.8) is 0 Å². The maximum absolute atomic E-state index is 4.37. The third-order valence-corrected chi connectivity index (χ3v) is 2.59. The molecule has 0 N–H and O–H groups in total. The van der Waals surface area contributed by atoms with Crippen LogP contribution in [0.15, 0.2) is 12.4 Å². The first-order chi connectivity index (χ1) is 7.75. The van der Waals surface area contributed by atoms with Gasteiger partial charge in [-0.25, -0.2) is 4.98 Å². The van der Waals surface area contributed by atoms with Crippen molar-refractivity contribution in [3.05, 3.63) is 18.1 Å². The smallest absolute Gasteiger partial charge is 0.147 e. The maximum Gasteiger partial charge on any atom is 0.147 e. The molecule has 0 radical (unpaired) electrons. The number of anilines is 1. The Bertz CT molecular complexity index is 288. The van der Waals surface area contributed by atoms with Gasteiger partial charge in [-0.05, 0) is 14.0 Å². The molecule has 1 saturated heterocycles. The van der Waals surface area contributed by atoms with E-state index in [1.807, 2.05) is 33.2 Å². The highest BCUT2D eigenvalue weighted by Gasteiger charge is 2.14. The molecule has 0 spiro atoms. The summed E-state index contributed by atoms with van der Waals surface area (Å²) in [5.41, 5.74) is 0.975. The topological polar surface area (TPSA) is 32.3 Å². The molecule has 2 rings (SSSR count). The van der Waals surface area contributed by atoms with Crippen LogP contribution in [-0.2, 0) is 0 Å². The van der Waals surface area contributed by atoms with E-state index in [0.29, 0.717) is 0 Å². The SMILES string of the molecule is CC.Cc1cnc(N2CCN(C)CC2)cn1. The average molecular weight is 222 g/mol. The molecule has 90 valence electrons. The maximum atomic E-state index is 4.37. The predicted octanol–water partition coefficient (Wildman–Crippen LogP) is 1.56. The molecule has 1 fully saturated rings. The zero-order valence-electron chi connectivity index (χ0n) is 10.8. The van der Waals surface area contributed by atoms with Crippen molar-refractivity contribution in [1.82, 2.24) is 14.9 Å². The zero-order valence-corrected chi connectivity index (χ0v) is 10.8. The van der Waals surface area contributed by atoms with Gasteiger partial charge in [-0.1, -0.05) is 13.8 Å². The van der Waals surface area contributed by atoms with Gasteiger partial charge in [0.05, 0.1) is 18.1 Å². The van der Waals surface area contributed by atoms with Gasteiger partial charge in [-0.2, -0.15) is 0 Å². The minimum absolute atomic E-state index is 0.975. The lowest BCUT2D eigenvalue weighted by atomic mass is 10.3. The van der Waals surface area contributed by atoms with E-state index in [0.717, 1.165) is 37.7 Å². The zero-order chi connectivity index (χ0) is 12.0. The van der Waals surface area contributed by atoms with Crippen LogP contribution in [0, 0.1) is 6.92 Å². The largest absolute Gasteiger partial charge is 0.353 e. The van der Waals surface area contributed by atoms with Crippen LogP contribution < -0.4 is 4.90 Å². The summed E-state index contributed by atoms with van der Waals surface area (Å²) in [6.45, 7) is 10.3. The Morgan fingerprint density at radius 1 is 1.00 bits per heavy atom. The molecule has 0 atom stereocenters. The summed E-state index contributed by atoms with van der Waals surface area (Å²) in [6, 6.07) is 0. The summed E-state index contributed by atoms with van der Waals surface area (Å²) in [4.78, 5) is 13.2. The van der Waals surface area contributed by atoms with Crippen LogP contribution in [0.2, 0.25) is 0 Å². The highest BCUT2D eigenvalue weighted by Crippen LogP contribution is 2.10. The number of rotatable bonds is 1. The number of nitrogens with zero attached hydrogens (tertiary/aromatic N) is 4. The highest BCUT2D eigenvalue weighted by atomic mass is 15.3. The fourth-order valence-electron chi connectivity index (χ4n) is 1.58. The molecule has 1 aromatic heterocycles. The molecule has 4 heteroatoms. The Kier molecular flexibility index (Phi) is 5.19. The van der Waals surface area contributed by atoms with Crippen LogP contribution in [0.25, 0.3) is 0 Å².